The molecule has 2 aromatic rings. The van der Waals surface area contributed by atoms with Crippen molar-refractivity contribution >= 4 is 28.7 Å². The van der Waals surface area contributed by atoms with E-state index in [4.69, 9.17) is 4.74 Å². The zero-order chi connectivity index (χ0) is 21.4. The zero-order valence-corrected chi connectivity index (χ0v) is 19.4. The van der Waals surface area contributed by atoms with Crippen LogP contribution in [0.1, 0.15) is 39.7 Å². The third-order valence-corrected chi connectivity index (χ3v) is 6.65. The quantitative estimate of drug-likeness (QED) is 0.440. The number of nitrogens with one attached hydrogen (secondary N) is 1. The molecule has 0 aromatic heterocycles. The molecule has 3 atom stereocenters. The van der Waals surface area contributed by atoms with Gasteiger partial charge in [0, 0.05) is 16.7 Å². The molecule has 158 valence electrons. The van der Waals surface area contributed by atoms with E-state index in [1.54, 1.807) is 11.8 Å². The smallest absolute Gasteiger partial charge is 0.311 e. The Morgan fingerprint density at radius 2 is 1.72 bits per heavy atom. The molecule has 0 aliphatic heterocycles. The van der Waals surface area contributed by atoms with Crippen LogP contribution in [0.15, 0.2) is 64.4 Å². The SMILES string of the molecule is CC[C@H](N[S@@](=O)c1ccc(C)cc1)[C@@H](CSc1ccccc1)C(=O)OC(C)(C)C. The van der Waals surface area contributed by atoms with E-state index >= 15 is 0 Å². The highest BCUT2D eigenvalue weighted by atomic mass is 32.2. The lowest BCUT2D eigenvalue weighted by Gasteiger charge is -2.29. The molecule has 2 aromatic carbocycles. The lowest BCUT2D eigenvalue weighted by atomic mass is 10.00. The highest BCUT2D eigenvalue weighted by molar-refractivity contribution is 7.99. The first kappa shape index (κ1) is 23.6. The lowest BCUT2D eigenvalue weighted by molar-refractivity contribution is -0.160. The summed E-state index contributed by atoms with van der Waals surface area (Å²) in [6.45, 7) is 9.59. The first-order chi connectivity index (χ1) is 13.7. The first-order valence-electron chi connectivity index (χ1n) is 9.85. The molecule has 0 bridgehead atoms. The number of hydrogen-bond donors (Lipinski definition) is 1. The molecule has 0 unspecified atom stereocenters. The van der Waals surface area contributed by atoms with Gasteiger partial charge >= 0.3 is 5.97 Å². The predicted molar refractivity (Wildman–Crippen MR) is 121 cm³/mol. The fourth-order valence-electron chi connectivity index (χ4n) is 2.75. The number of carbonyl (C=O) groups excluding carboxylic acids is 1. The summed E-state index contributed by atoms with van der Waals surface area (Å²) in [6, 6.07) is 17.3. The van der Waals surface area contributed by atoms with Crippen molar-refractivity contribution < 1.29 is 13.7 Å². The second kappa shape index (κ2) is 11.0. The summed E-state index contributed by atoms with van der Waals surface area (Å²) in [6.07, 6.45) is 0.664. The van der Waals surface area contributed by atoms with Gasteiger partial charge in [-0.1, -0.05) is 42.8 Å². The molecule has 1 N–H and O–H groups in total. The molecule has 4 nitrogen and oxygen atoms in total. The van der Waals surface area contributed by atoms with E-state index in [9.17, 15) is 9.00 Å². The maximum atomic E-state index is 13.0. The second-order valence-corrected chi connectivity index (χ2v) is 10.3. The molecule has 0 heterocycles. The molecular formula is C23H31NO3S2. The summed E-state index contributed by atoms with van der Waals surface area (Å²) in [5.74, 6) is -0.129. The highest BCUT2D eigenvalue weighted by Gasteiger charge is 2.32. The van der Waals surface area contributed by atoms with Crippen molar-refractivity contribution in [2.45, 2.75) is 62.5 Å². The third-order valence-electron chi connectivity index (χ3n) is 4.30. The van der Waals surface area contributed by atoms with Crippen LogP contribution >= 0.6 is 11.8 Å². The van der Waals surface area contributed by atoms with Gasteiger partial charge < -0.3 is 4.74 Å². The van der Waals surface area contributed by atoms with E-state index in [-0.39, 0.29) is 12.0 Å². The normalized spacial score (nSPS) is 14.8. The second-order valence-electron chi connectivity index (χ2n) is 7.98. The number of ether oxygens (including phenoxy) is 1. The van der Waals surface area contributed by atoms with E-state index in [1.165, 1.54) is 0 Å². The van der Waals surface area contributed by atoms with Crippen molar-refractivity contribution in [1.82, 2.24) is 4.72 Å². The monoisotopic (exact) mass is 433 g/mol. The Balaban J connectivity index is 2.17. The summed E-state index contributed by atoms with van der Waals surface area (Å²) in [4.78, 5) is 14.8. The van der Waals surface area contributed by atoms with Crippen LogP contribution in [0.3, 0.4) is 0 Å². The molecule has 0 saturated heterocycles. The van der Waals surface area contributed by atoms with Gasteiger partial charge in [-0.15, -0.1) is 11.8 Å². The molecule has 0 saturated carbocycles. The Hall–Kier alpha value is -1.63. The number of esters is 1. The topological polar surface area (TPSA) is 55.4 Å². The van der Waals surface area contributed by atoms with Crippen molar-refractivity contribution in [3.8, 4) is 0 Å². The van der Waals surface area contributed by atoms with E-state index < -0.39 is 22.5 Å². The van der Waals surface area contributed by atoms with Gasteiger partial charge in [0.2, 0.25) is 0 Å². The number of rotatable bonds is 9. The molecule has 0 fully saturated rings. The Kier molecular flexibility index (Phi) is 8.93. The van der Waals surface area contributed by atoms with E-state index in [1.807, 2.05) is 89.2 Å². The minimum atomic E-state index is -1.40. The van der Waals surface area contributed by atoms with E-state index in [0.29, 0.717) is 17.1 Å². The third kappa shape index (κ3) is 7.96. The summed E-state index contributed by atoms with van der Waals surface area (Å²) in [7, 11) is -1.40. The van der Waals surface area contributed by atoms with Gasteiger partial charge in [-0.25, -0.2) is 8.93 Å². The molecule has 6 heteroatoms. The van der Waals surface area contributed by atoms with Gasteiger partial charge in [0.1, 0.15) is 16.6 Å². The molecule has 0 spiro atoms. The number of aryl methyl sites for hydroxylation is 1. The van der Waals surface area contributed by atoms with Gasteiger partial charge in [0.05, 0.1) is 10.8 Å². The van der Waals surface area contributed by atoms with Crippen LogP contribution in [-0.2, 0) is 20.5 Å². The molecule has 2 rings (SSSR count). The highest BCUT2D eigenvalue weighted by Crippen LogP contribution is 2.26. The number of carbonyl (C=O) groups is 1. The summed E-state index contributed by atoms with van der Waals surface area (Å²) >= 11 is 1.61. The summed E-state index contributed by atoms with van der Waals surface area (Å²) in [5.41, 5.74) is 0.546. The average molecular weight is 434 g/mol. The van der Waals surface area contributed by atoms with Crippen LogP contribution in [0.2, 0.25) is 0 Å². The van der Waals surface area contributed by atoms with Gasteiger partial charge in [-0.3, -0.25) is 4.79 Å². The number of benzene rings is 2. The van der Waals surface area contributed by atoms with Crippen molar-refractivity contribution in [1.29, 1.82) is 0 Å². The minimum absolute atomic E-state index is 0.261. The van der Waals surface area contributed by atoms with Gasteiger partial charge in [0.15, 0.2) is 0 Å². The lowest BCUT2D eigenvalue weighted by Crippen LogP contribution is -2.44. The van der Waals surface area contributed by atoms with Crippen molar-refractivity contribution in [3.05, 3.63) is 60.2 Å². The van der Waals surface area contributed by atoms with E-state index in [2.05, 4.69) is 4.72 Å². The molecule has 0 aliphatic carbocycles. The van der Waals surface area contributed by atoms with Crippen LogP contribution < -0.4 is 4.72 Å². The van der Waals surface area contributed by atoms with Crippen molar-refractivity contribution in [2.75, 3.05) is 5.75 Å². The van der Waals surface area contributed by atoms with Gasteiger partial charge in [-0.05, 0) is 58.4 Å². The minimum Gasteiger partial charge on any atom is -0.460 e. The maximum absolute atomic E-state index is 13.0. The largest absolute Gasteiger partial charge is 0.460 e. The predicted octanol–water partition coefficient (Wildman–Crippen LogP) is 5.14. The van der Waals surface area contributed by atoms with Crippen LogP contribution in [0.25, 0.3) is 0 Å². The molecular weight excluding hydrogens is 402 g/mol. The first-order valence-corrected chi connectivity index (χ1v) is 12.0. The summed E-state index contributed by atoms with van der Waals surface area (Å²) in [5, 5.41) is 0. The van der Waals surface area contributed by atoms with Crippen LogP contribution in [0.4, 0.5) is 0 Å². The molecule has 0 amide bonds. The number of hydrogen-bond acceptors (Lipinski definition) is 4. The average Bonchev–Trinajstić information content (AvgIpc) is 2.67. The summed E-state index contributed by atoms with van der Waals surface area (Å²) < 4.78 is 21.7. The van der Waals surface area contributed by atoms with Crippen LogP contribution in [0.5, 0.6) is 0 Å². The Morgan fingerprint density at radius 3 is 2.28 bits per heavy atom. The van der Waals surface area contributed by atoms with Gasteiger partial charge in [-0.2, -0.15) is 0 Å². The molecule has 29 heavy (non-hydrogen) atoms. The number of thioether (sulfide) groups is 1. The van der Waals surface area contributed by atoms with Crippen LogP contribution in [-0.4, -0.2) is 27.6 Å². The standard InChI is InChI=1S/C23H31NO3S2/c1-6-21(24-29(26)19-14-12-17(2)13-15-19)20(22(25)27-23(3,4)5)16-28-18-10-8-7-9-11-18/h7-15,20-21,24H,6,16H2,1-5H3/t20-,21+,29+/m1/s1. The van der Waals surface area contributed by atoms with Crippen molar-refractivity contribution in [2.24, 2.45) is 5.92 Å². The Labute approximate surface area is 181 Å². The van der Waals surface area contributed by atoms with Gasteiger partial charge in [0.25, 0.3) is 0 Å². The fraction of sp³-hybridized carbons (Fsp3) is 0.435. The Morgan fingerprint density at radius 1 is 1.10 bits per heavy atom. The zero-order valence-electron chi connectivity index (χ0n) is 17.8. The maximum Gasteiger partial charge on any atom is 0.311 e. The molecule has 0 aliphatic rings. The van der Waals surface area contributed by atoms with E-state index in [0.717, 1.165) is 10.5 Å². The molecule has 0 radical (unpaired) electrons. The van der Waals surface area contributed by atoms with Crippen molar-refractivity contribution in [3.63, 3.8) is 0 Å². The Bertz CT molecular complexity index is 801. The fourth-order valence-corrected chi connectivity index (χ4v) is 4.96. The van der Waals surface area contributed by atoms with Crippen LogP contribution in [0, 0.1) is 12.8 Å².